The molecule has 0 aromatic carbocycles. The Labute approximate surface area is 145 Å². The van der Waals surface area contributed by atoms with Gasteiger partial charge in [-0.3, -0.25) is 4.79 Å². The van der Waals surface area contributed by atoms with Crippen molar-refractivity contribution in [3.8, 4) is 0 Å². The lowest BCUT2D eigenvalue weighted by atomic mass is 10.1. The maximum absolute atomic E-state index is 12.4. The van der Waals surface area contributed by atoms with Gasteiger partial charge in [0.15, 0.2) is 17.2 Å². The summed E-state index contributed by atoms with van der Waals surface area (Å²) in [5, 5.41) is 13.8. The van der Waals surface area contributed by atoms with Crippen LogP contribution in [0.1, 0.15) is 29.8 Å². The molecule has 0 saturated carbocycles. The molecule has 0 unspecified atom stereocenters. The molecule has 0 atom stereocenters. The van der Waals surface area contributed by atoms with Gasteiger partial charge in [-0.2, -0.15) is 0 Å². The zero-order valence-electron chi connectivity index (χ0n) is 14.0. The van der Waals surface area contributed by atoms with Crippen molar-refractivity contribution in [3.63, 3.8) is 0 Å². The fourth-order valence-electron chi connectivity index (χ4n) is 2.96. The van der Waals surface area contributed by atoms with Gasteiger partial charge in [-0.15, -0.1) is 5.10 Å². The van der Waals surface area contributed by atoms with E-state index >= 15 is 0 Å². The highest BCUT2D eigenvalue weighted by molar-refractivity contribution is 5.93. The van der Waals surface area contributed by atoms with E-state index in [0.29, 0.717) is 30.3 Å². The predicted octanol–water partition coefficient (Wildman–Crippen LogP) is 1.89. The summed E-state index contributed by atoms with van der Waals surface area (Å²) in [6, 6.07) is 1.87. The molecule has 0 fully saturated rings. The first-order valence-corrected chi connectivity index (χ1v) is 8.40. The minimum atomic E-state index is -0.199. The van der Waals surface area contributed by atoms with Crippen LogP contribution in [0.15, 0.2) is 35.9 Å². The van der Waals surface area contributed by atoms with E-state index in [9.17, 15) is 4.79 Å². The standard InChI is InChI=1S/C17H20N6O2/c1-18-13-9-15-21-11-4-2-5-12(8-11)25-7-3-6-19-17(24)14-10-20-16(13)23(14)22-15/h4,8-10,18H,2-3,5-7H2,1H3,(H,19,24)(H,21,22). The second-order valence-corrected chi connectivity index (χ2v) is 5.96. The van der Waals surface area contributed by atoms with Crippen LogP contribution in [-0.4, -0.2) is 40.7 Å². The van der Waals surface area contributed by atoms with Crippen LogP contribution in [0.3, 0.4) is 0 Å². The molecular weight excluding hydrogens is 320 g/mol. The normalized spacial score (nSPS) is 17.7. The smallest absolute Gasteiger partial charge is 0.271 e. The van der Waals surface area contributed by atoms with Crippen molar-refractivity contribution in [1.82, 2.24) is 19.9 Å². The fourth-order valence-corrected chi connectivity index (χ4v) is 2.96. The number of hydrogen-bond acceptors (Lipinski definition) is 6. The minimum Gasteiger partial charge on any atom is -0.498 e. The van der Waals surface area contributed by atoms with Gasteiger partial charge in [0.1, 0.15) is 0 Å². The monoisotopic (exact) mass is 340 g/mol. The number of fused-ring (bicyclic) bond motifs is 2. The summed E-state index contributed by atoms with van der Waals surface area (Å²) in [5.41, 5.74) is 2.75. The molecule has 2 aromatic rings. The number of carbonyl (C=O) groups excluding carboxylic acids is 1. The lowest BCUT2D eigenvalue weighted by molar-refractivity contribution is 0.0942. The van der Waals surface area contributed by atoms with Crippen LogP contribution in [0.2, 0.25) is 0 Å². The first-order chi connectivity index (χ1) is 12.2. The summed E-state index contributed by atoms with van der Waals surface area (Å²) >= 11 is 0. The molecule has 2 aliphatic rings. The van der Waals surface area contributed by atoms with Gasteiger partial charge < -0.3 is 20.7 Å². The van der Waals surface area contributed by atoms with E-state index in [-0.39, 0.29) is 5.91 Å². The average Bonchev–Trinajstić information content (AvgIpc) is 3.04. The third kappa shape index (κ3) is 3.02. The number of anilines is 2. The molecule has 3 heterocycles. The highest BCUT2D eigenvalue weighted by atomic mass is 16.5. The molecule has 130 valence electrons. The molecule has 0 spiro atoms. The average molecular weight is 340 g/mol. The highest BCUT2D eigenvalue weighted by Gasteiger charge is 2.17. The summed E-state index contributed by atoms with van der Waals surface area (Å²) in [6.45, 7) is 1.12. The number of imidazole rings is 1. The molecular formula is C17H20N6O2. The van der Waals surface area contributed by atoms with E-state index in [2.05, 4.69) is 32.1 Å². The number of nitrogens with zero attached hydrogens (tertiary/aromatic N) is 3. The molecule has 4 bridgehead atoms. The van der Waals surface area contributed by atoms with Gasteiger partial charge in [-0.1, -0.05) is 6.08 Å². The second kappa shape index (κ2) is 6.46. The lowest BCUT2D eigenvalue weighted by Crippen LogP contribution is -2.27. The molecule has 1 aliphatic carbocycles. The molecule has 0 saturated heterocycles. The third-order valence-corrected chi connectivity index (χ3v) is 4.21. The van der Waals surface area contributed by atoms with Gasteiger partial charge >= 0.3 is 0 Å². The van der Waals surface area contributed by atoms with E-state index < -0.39 is 0 Å². The van der Waals surface area contributed by atoms with Crippen LogP contribution in [-0.2, 0) is 4.74 Å². The van der Waals surface area contributed by atoms with Crippen LogP contribution in [0.4, 0.5) is 11.5 Å². The predicted molar refractivity (Wildman–Crippen MR) is 94.5 cm³/mol. The number of hydrogen-bond donors (Lipinski definition) is 3. The van der Waals surface area contributed by atoms with Gasteiger partial charge in [0, 0.05) is 31.8 Å². The van der Waals surface area contributed by atoms with Crippen molar-refractivity contribution in [2.45, 2.75) is 19.3 Å². The zero-order valence-corrected chi connectivity index (χ0v) is 14.0. The number of aromatic nitrogens is 3. The zero-order chi connectivity index (χ0) is 17.2. The number of amides is 1. The molecule has 4 rings (SSSR count). The molecule has 3 N–H and O–H groups in total. The van der Waals surface area contributed by atoms with Crippen molar-refractivity contribution < 1.29 is 9.53 Å². The number of allylic oxidation sites excluding steroid dienone is 3. The summed E-state index contributed by atoms with van der Waals surface area (Å²) in [5.74, 6) is 1.38. The Balaban J connectivity index is 1.81. The summed E-state index contributed by atoms with van der Waals surface area (Å²) in [7, 11) is 1.82. The van der Waals surface area contributed by atoms with Crippen LogP contribution in [0.25, 0.3) is 5.65 Å². The SMILES string of the molecule is CNc1cc2nn3c(cnc13)C(=O)NCCCOC1=CC(=CCC1)N2. The van der Waals surface area contributed by atoms with Crippen molar-refractivity contribution in [2.24, 2.45) is 0 Å². The van der Waals surface area contributed by atoms with Gasteiger partial charge in [-0.25, -0.2) is 9.50 Å². The Hall–Kier alpha value is -3.03. The number of carbonyl (C=O) groups is 1. The number of ether oxygens (including phenoxy) is 1. The van der Waals surface area contributed by atoms with Crippen LogP contribution < -0.4 is 16.0 Å². The van der Waals surface area contributed by atoms with Crippen LogP contribution >= 0.6 is 0 Å². The number of rotatable bonds is 1. The second-order valence-electron chi connectivity index (χ2n) is 5.96. The van der Waals surface area contributed by atoms with E-state index in [1.807, 2.05) is 19.2 Å². The summed E-state index contributed by atoms with van der Waals surface area (Å²) < 4.78 is 7.38. The summed E-state index contributed by atoms with van der Waals surface area (Å²) in [4.78, 5) is 16.8. The Bertz CT molecular complexity index is 883. The minimum absolute atomic E-state index is 0.199. The summed E-state index contributed by atoms with van der Waals surface area (Å²) in [6.07, 6.45) is 8.22. The fraction of sp³-hybridized carbons (Fsp3) is 0.353. The Morgan fingerprint density at radius 2 is 2.32 bits per heavy atom. The largest absolute Gasteiger partial charge is 0.498 e. The third-order valence-electron chi connectivity index (χ3n) is 4.21. The lowest BCUT2D eigenvalue weighted by Gasteiger charge is -2.17. The molecule has 1 aliphatic heterocycles. The molecule has 8 nitrogen and oxygen atoms in total. The molecule has 25 heavy (non-hydrogen) atoms. The first kappa shape index (κ1) is 15.5. The maximum Gasteiger partial charge on any atom is 0.271 e. The van der Waals surface area contributed by atoms with E-state index in [1.54, 1.807) is 10.7 Å². The van der Waals surface area contributed by atoms with Gasteiger partial charge in [-0.05, 0) is 18.9 Å². The van der Waals surface area contributed by atoms with E-state index in [0.717, 1.165) is 36.4 Å². The topological polar surface area (TPSA) is 92.6 Å². The molecule has 0 radical (unpaired) electrons. The van der Waals surface area contributed by atoms with Crippen molar-refractivity contribution in [2.75, 3.05) is 30.8 Å². The highest BCUT2D eigenvalue weighted by Crippen LogP contribution is 2.24. The van der Waals surface area contributed by atoms with E-state index in [1.165, 1.54) is 0 Å². The maximum atomic E-state index is 12.4. The van der Waals surface area contributed by atoms with Crippen LogP contribution in [0.5, 0.6) is 0 Å². The van der Waals surface area contributed by atoms with Gasteiger partial charge in [0.25, 0.3) is 5.91 Å². The van der Waals surface area contributed by atoms with Crippen molar-refractivity contribution in [1.29, 1.82) is 0 Å². The number of nitrogens with one attached hydrogen (secondary N) is 3. The molecule has 1 amide bonds. The Kier molecular flexibility index (Phi) is 4.01. The molecule has 2 aromatic heterocycles. The Morgan fingerprint density at radius 3 is 3.20 bits per heavy atom. The van der Waals surface area contributed by atoms with Crippen molar-refractivity contribution in [3.05, 3.63) is 41.6 Å². The quantitative estimate of drug-likeness (QED) is 0.734. The van der Waals surface area contributed by atoms with E-state index in [4.69, 9.17) is 4.74 Å². The van der Waals surface area contributed by atoms with Crippen molar-refractivity contribution >= 4 is 23.1 Å². The Morgan fingerprint density at radius 1 is 1.40 bits per heavy atom. The first-order valence-electron chi connectivity index (χ1n) is 8.40. The van der Waals surface area contributed by atoms with Gasteiger partial charge in [0.05, 0.1) is 24.3 Å². The van der Waals surface area contributed by atoms with Gasteiger partial charge in [0.2, 0.25) is 0 Å². The van der Waals surface area contributed by atoms with Crippen LogP contribution in [0, 0.1) is 0 Å². The molecule has 8 heteroatoms.